The van der Waals surface area contributed by atoms with E-state index in [2.05, 4.69) is 22.3 Å². The molecule has 0 aliphatic rings. The summed E-state index contributed by atoms with van der Waals surface area (Å²) >= 11 is 1.36. The van der Waals surface area contributed by atoms with E-state index in [0.717, 1.165) is 29.8 Å². The molecule has 0 aliphatic carbocycles. The lowest BCUT2D eigenvalue weighted by atomic mass is 10.1. The van der Waals surface area contributed by atoms with Crippen molar-refractivity contribution in [1.29, 1.82) is 0 Å². The second-order valence-electron chi connectivity index (χ2n) is 7.82. The minimum Gasteiger partial charge on any atom is -0.456 e. The van der Waals surface area contributed by atoms with Crippen LogP contribution in [0.25, 0.3) is 4.96 Å². The van der Waals surface area contributed by atoms with Crippen molar-refractivity contribution in [2.45, 2.75) is 39.7 Å². The molecule has 1 N–H and O–H groups in total. The molecule has 0 radical (unpaired) electrons. The van der Waals surface area contributed by atoms with E-state index in [1.807, 2.05) is 19.1 Å². The first-order valence-electron chi connectivity index (χ1n) is 11.0. The van der Waals surface area contributed by atoms with Crippen LogP contribution in [0, 0.1) is 6.92 Å². The zero-order valence-corrected chi connectivity index (χ0v) is 19.7. The fourth-order valence-corrected chi connectivity index (χ4v) is 4.25. The summed E-state index contributed by atoms with van der Waals surface area (Å²) in [4.78, 5) is 42.7. The number of hydrogen-bond acceptors (Lipinski definition) is 7. The monoisotopic (exact) mass is 476 g/mol. The third kappa shape index (κ3) is 5.37. The molecule has 8 nitrogen and oxygen atoms in total. The summed E-state index contributed by atoms with van der Waals surface area (Å²) < 4.78 is 6.69. The third-order valence-electron chi connectivity index (χ3n) is 5.14. The van der Waals surface area contributed by atoms with Gasteiger partial charge in [0.2, 0.25) is 4.96 Å². The summed E-state index contributed by atoms with van der Waals surface area (Å²) in [5, 5.41) is 7.92. The summed E-state index contributed by atoms with van der Waals surface area (Å²) in [5.41, 5.74) is 2.09. The Hall–Kier alpha value is -3.85. The van der Waals surface area contributed by atoms with E-state index in [1.165, 1.54) is 21.9 Å². The van der Waals surface area contributed by atoms with Gasteiger partial charge < -0.3 is 10.1 Å². The Morgan fingerprint density at radius 1 is 1.12 bits per heavy atom. The van der Waals surface area contributed by atoms with Gasteiger partial charge in [-0.15, -0.1) is 0 Å². The largest absolute Gasteiger partial charge is 0.456 e. The summed E-state index contributed by atoms with van der Waals surface area (Å²) in [6.45, 7) is 3.86. The molecule has 34 heavy (non-hydrogen) atoms. The fraction of sp³-hybridized carbons (Fsp3) is 0.240. The van der Waals surface area contributed by atoms with E-state index in [9.17, 15) is 14.4 Å². The maximum absolute atomic E-state index is 12.8. The molecule has 4 aromatic rings. The van der Waals surface area contributed by atoms with Crippen molar-refractivity contribution in [2.75, 3.05) is 5.32 Å². The smallest absolute Gasteiger partial charge is 0.340 e. The molecule has 0 bridgehead atoms. The van der Waals surface area contributed by atoms with Gasteiger partial charge in [-0.25, -0.2) is 9.78 Å². The first-order chi connectivity index (χ1) is 16.4. The number of rotatable bonds is 8. The zero-order chi connectivity index (χ0) is 24.1. The molecule has 0 saturated heterocycles. The third-order valence-corrected chi connectivity index (χ3v) is 6.11. The SMILES string of the molecule is CCCCc1nn2c(=O)cc(COC(=O)c3ccccc3NC(=O)c3ccc(C)cc3)nc2s1. The molecule has 0 spiro atoms. The molecule has 1 amide bonds. The highest BCUT2D eigenvalue weighted by atomic mass is 32.1. The molecule has 4 rings (SSSR count). The normalized spacial score (nSPS) is 10.9. The number of aromatic nitrogens is 3. The molecule has 2 heterocycles. The molecule has 0 aliphatic heterocycles. The predicted octanol–water partition coefficient (Wildman–Crippen LogP) is 4.41. The Kier molecular flexibility index (Phi) is 7.12. The molecule has 174 valence electrons. The van der Waals surface area contributed by atoms with Gasteiger partial charge in [0.15, 0.2) is 0 Å². The number of unbranched alkanes of at least 4 members (excludes halogenated alkanes) is 1. The number of aryl methyl sites for hydroxylation is 2. The van der Waals surface area contributed by atoms with Crippen LogP contribution in [0.3, 0.4) is 0 Å². The van der Waals surface area contributed by atoms with Crippen molar-refractivity contribution < 1.29 is 14.3 Å². The van der Waals surface area contributed by atoms with Gasteiger partial charge in [0.05, 0.1) is 16.9 Å². The lowest BCUT2D eigenvalue weighted by Gasteiger charge is -2.11. The number of anilines is 1. The first kappa shape index (κ1) is 23.3. The number of nitrogens with one attached hydrogen (secondary N) is 1. The molecule has 0 unspecified atom stereocenters. The van der Waals surface area contributed by atoms with Crippen LogP contribution >= 0.6 is 11.3 Å². The number of amides is 1. The van der Waals surface area contributed by atoms with Crippen molar-refractivity contribution in [2.24, 2.45) is 0 Å². The molecular weight excluding hydrogens is 452 g/mol. The molecular formula is C25H24N4O4S. The van der Waals surface area contributed by atoms with Gasteiger partial charge >= 0.3 is 5.97 Å². The lowest BCUT2D eigenvalue weighted by molar-refractivity contribution is 0.0469. The number of nitrogens with zero attached hydrogens (tertiary/aromatic N) is 3. The van der Waals surface area contributed by atoms with Gasteiger partial charge in [-0.05, 0) is 37.6 Å². The average molecular weight is 477 g/mol. The van der Waals surface area contributed by atoms with Crippen LogP contribution in [-0.4, -0.2) is 26.5 Å². The minimum absolute atomic E-state index is 0.174. The number of hydrogen-bond donors (Lipinski definition) is 1. The van der Waals surface area contributed by atoms with Crippen molar-refractivity contribution >= 4 is 33.9 Å². The van der Waals surface area contributed by atoms with Crippen molar-refractivity contribution in [3.8, 4) is 0 Å². The molecule has 0 atom stereocenters. The molecule has 2 aromatic carbocycles. The Labute approximate surface area is 200 Å². The van der Waals surface area contributed by atoms with Crippen molar-refractivity contribution in [3.63, 3.8) is 0 Å². The van der Waals surface area contributed by atoms with Crippen molar-refractivity contribution in [3.05, 3.63) is 92.3 Å². The van der Waals surface area contributed by atoms with E-state index < -0.39 is 5.97 Å². The van der Waals surface area contributed by atoms with Crippen LogP contribution in [-0.2, 0) is 17.8 Å². The number of para-hydroxylation sites is 1. The Morgan fingerprint density at radius 3 is 2.65 bits per heavy atom. The first-order valence-corrected chi connectivity index (χ1v) is 11.8. The van der Waals surface area contributed by atoms with Gasteiger partial charge in [-0.3, -0.25) is 9.59 Å². The van der Waals surface area contributed by atoms with Gasteiger partial charge in [-0.2, -0.15) is 9.61 Å². The summed E-state index contributed by atoms with van der Waals surface area (Å²) in [5.74, 6) is -0.959. The summed E-state index contributed by atoms with van der Waals surface area (Å²) in [6, 6.07) is 15.1. The highest BCUT2D eigenvalue weighted by Crippen LogP contribution is 2.19. The molecule has 0 fully saturated rings. The highest BCUT2D eigenvalue weighted by Gasteiger charge is 2.16. The second kappa shape index (κ2) is 10.4. The Bertz CT molecular complexity index is 1390. The number of carbonyl (C=O) groups excluding carboxylic acids is 2. The Balaban J connectivity index is 1.47. The van der Waals surface area contributed by atoms with Crippen LogP contribution in [0.15, 0.2) is 59.4 Å². The number of ether oxygens (including phenoxy) is 1. The van der Waals surface area contributed by atoms with Crippen LogP contribution in [0.5, 0.6) is 0 Å². The standard InChI is InChI=1S/C25H24N4O4S/c1-3-4-9-21-28-29-22(30)14-18(26-25(29)34-21)15-33-24(32)19-7-5-6-8-20(19)27-23(31)17-12-10-16(2)11-13-17/h5-8,10-14H,3-4,9,15H2,1-2H3,(H,27,31). The van der Waals surface area contributed by atoms with E-state index in [1.54, 1.807) is 36.4 Å². The Morgan fingerprint density at radius 2 is 1.88 bits per heavy atom. The second-order valence-corrected chi connectivity index (χ2v) is 8.86. The van der Waals surface area contributed by atoms with Crippen LogP contribution in [0.4, 0.5) is 5.69 Å². The quantitative estimate of drug-likeness (QED) is 0.378. The maximum atomic E-state index is 12.8. The minimum atomic E-state index is -0.630. The summed E-state index contributed by atoms with van der Waals surface area (Å²) in [7, 11) is 0. The van der Waals surface area contributed by atoms with Crippen molar-refractivity contribution in [1.82, 2.24) is 14.6 Å². The number of carbonyl (C=O) groups is 2. The van der Waals surface area contributed by atoms with Crippen LogP contribution in [0.2, 0.25) is 0 Å². The van der Waals surface area contributed by atoms with E-state index in [0.29, 0.717) is 21.9 Å². The molecule has 2 aromatic heterocycles. The maximum Gasteiger partial charge on any atom is 0.340 e. The number of fused-ring (bicyclic) bond motifs is 1. The van der Waals surface area contributed by atoms with E-state index in [-0.39, 0.29) is 23.6 Å². The molecule has 0 saturated carbocycles. The van der Waals surface area contributed by atoms with Gasteiger partial charge in [0.1, 0.15) is 11.6 Å². The van der Waals surface area contributed by atoms with Gasteiger partial charge in [0.25, 0.3) is 11.5 Å². The van der Waals surface area contributed by atoms with E-state index >= 15 is 0 Å². The number of esters is 1. The predicted molar refractivity (Wildman–Crippen MR) is 130 cm³/mol. The number of benzene rings is 2. The molecule has 9 heteroatoms. The topological polar surface area (TPSA) is 103 Å². The zero-order valence-electron chi connectivity index (χ0n) is 18.9. The lowest BCUT2D eigenvalue weighted by Crippen LogP contribution is -2.18. The fourth-order valence-electron chi connectivity index (χ4n) is 3.29. The van der Waals surface area contributed by atoms with Gasteiger partial charge in [0, 0.05) is 18.1 Å². The van der Waals surface area contributed by atoms with Crippen LogP contribution in [0.1, 0.15) is 56.7 Å². The van der Waals surface area contributed by atoms with Crippen LogP contribution < -0.4 is 10.9 Å². The summed E-state index contributed by atoms with van der Waals surface area (Å²) in [6.07, 6.45) is 2.81. The average Bonchev–Trinajstić information content (AvgIpc) is 3.25. The van der Waals surface area contributed by atoms with Gasteiger partial charge in [-0.1, -0.05) is 54.5 Å². The highest BCUT2D eigenvalue weighted by molar-refractivity contribution is 7.16. The van der Waals surface area contributed by atoms with E-state index in [4.69, 9.17) is 4.74 Å².